The molecule has 3 rings (SSSR count). The molecule has 2 aliphatic heterocycles. The Hall–Kier alpha value is -3.28. The molecule has 1 aromatic carbocycles. The van der Waals surface area contributed by atoms with E-state index >= 15 is 0 Å². The highest BCUT2D eigenvalue weighted by molar-refractivity contribution is 5.86. The van der Waals surface area contributed by atoms with Crippen LogP contribution in [-0.4, -0.2) is 52.8 Å². The molecule has 3 atom stereocenters. The first-order valence-electron chi connectivity index (χ1n) is 11.5. The summed E-state index contributed by atoms with van der Waals surface area (Å²) >= 11 is 0. The number of hydrogen-bond acceptors (Lipinski definition) is 7. The minimum Gasteiger partial charge on any atom is -0.484 e. The average Bonchev–Trinajstić information content (AvgIpc) is 2.74. The maximum Gasteiger partial charge on any atom is 0.410 e. The van der Waals surface area contributed by atoms with Gasteiger partial charge in [-0.3, -0.25) is 14.5 Å². The second-order valence-corrected chi connectivity index (χ2v) is 10.3. The van der Waals surface area contributed by atoms with Crippen molar-refractivity contribution in [3.63, 3.8) is 0 Å². The van der Waals surface area contributed by atoms with Crippen LogP contribution in [0.2, 0.25) is 0 Å². The first-order valence-corrected chi connectivity index (χ1v) is 11.5. The van der Waals surface area contributed by atoms with Crippen LogP contribution >= 0.6 is 0 Å². The van der Waals surface area contributed by atoms with Crippen LogP contribution in [0.3, 0.4) is 0 Å². The van der Waals surface area contributed by atoms with Gasteiger partial charge >= 0.3 is 12.1 Å². The summed E-state index contributed by atoms with van der Waals surface area (Å²) in [7, 11) is 0. The Morgan fingerprint density at radius 1 is 1.24 bits per heavy atom. The highest BCUT2D eigenvalue weighted by atomic mass is 16.6. The van der Waals surface area contributed by atoms with Gasteiger partial charge < -0.3 is 19.5 Å². The monoisotopic (exact) mass is 471 g/mol. The number of nitrogens with zero attached hydrogens (tertiary/aromatic N) is 2. The number of fused-ring (bicyclic) bond motifs is 1. The lowest BCUT2D eigenvalue weighted by atomic mass is 9.85. The molecule has 184 valence electrons. The van der Waals surface area contributed by atoms with Crippen LogP contribution in [0.15, 0.2) is 18.2 Å². The lowest BCUT2D eigenvalue weighted by molar-refractivity contribution is -0.164. The predicted octanol–water partition coefficient (Wildman–Crippen LogP) is 3.61. The maximum atomic E-state index is 13.5. The Kier molecular flexibility index (Phi) is 7.10. The van der Waals surface area contributed by atoms with Crippen molar-refractivity contribution in [2.24, 2.45) is 0 Å². The Morgan fingerprint density at radius 3 is 2.56 bits per heavy atom. The summed E-state index contributed by atoms with van der Waals surface area (Å²) < 4.78 is 17.2. The largest absolute Gasteiger partial charge is 0.484 e. The van der Waals surface area contributed by atoms with Gasteiger partial charge in [-0.05, 0) is 72.1 Å². The Bertz CT molecular complexity index is 1010. The highest BCUT2D eigenvalue weighted by Crippen LogP contribution is 2.42. The van der Waals surface area contributed by atoms with Gasteiger partial charge in [0.05, 0.1) is 17.7 Å². The van der Waals surface area contributed by atoms with Gasteiger partial charge in [0, 0.05) is 19.0 Å². The lowest BCUT2D eigenvalue weighted by Crippen LogP contribution is -2.59. The van der Waals surface area contributed by atoms with Crippen molar-refractivity contribution >= 4 is 18.0 Å². The van der Waals surface area contributed by atoms with E-state index in [1.807, 2.05) is 0 Å². The summed E-state index contributed by atoms with van der Waals surface area (Å²) in [4.78, 5) is 39.8. The van der Waals surface area contributed by atoms with E-state index in [9.17, 15) is 19.6 Å². The fourth-order valence-corrected chi connectivity index (χ4v) is 4.39. The van der Waals surface area contributed by atoms with E-state index in [1.54, 1.807) is 52.8 Å². The second-order valence-electron chi connectivity index (χ2n) is 10.3. The number of carbonyl (C=O) groups is 3. The van der Waals surface area contributed by atoms with Gasteiger partial charge in [-0.25, -0.2) is 4.79 Å². The van der Waals surface area contributed by atoms with Crippen LogP contribution in [-0.2, 0) is 19.1 Å². The van der Waals surface area contributed by atoms with Crippen LogP contribution in [0.25, 0.3) is 0 Å². The standard InChI is InChI=1S/C25H33N3O6/c1-15(29)32-21-20(17-13-16(14-26)10-11-19(17)33-25(21,5)6)27-22(30)18-9-7-8-12-28(18)23(31)34-24(2,3)4/h10-11,13,18,20-21H,7-9,12H2,1-6H3,(H,27,30). The number of benzene rings is 1. The number of likely N-dealkylation sites (tertiary alicyclic amines) is 1. The van der Waals surface area contributed by atoms with E-state index in [2.05, 4.69) is 11.4 Å². The van der Waals surface area contributed by atoms with E-state index in [-0.39, 0.29) is 5.91 Å². The van der Waals surface area contributed by atoms with Crippen LogP contribution in [0, 0.1) is 11.3 Å². The summed E-state index contributed by atoms with van der Waals surface area (Å²) in [6.45, 7) is 10.6. The molecule has 34 heavy (non-hydrogen) atoms. The van der Waals surface area contributed by atoms with E-state index < -0.39 is 41.5 Å². The number of amides is 2. The molecule has 0 aliphatic carbocycles. The number of nitrogens with one attached hydrogen (secondary N) is 1. The Morgan fingerprint density at radius 2 is 1.94 bits per heavy atom. The molecule has 1 fully saturated rings. The number of rotatable bonds is 3. The number of piperidine rings is 1. The Labute approximate surface area is 200 Å². The zero-order valence-corrected chi connectivity index (χ0v) is 20.6. The molecule has 2 amide bonds. The van der Waals surface area contributed by atoms with E-state index in [0.717, 1.165) is 12.8 Å². The van der Waals surface area contributed by atoms with Gasteiger partial charge in [-0.2, -0.15) is 5.26 Å². The first-order chi connectivity index (χ1) is 15.8. The second kappa shape index (κ2) is 9.53. The molecule has 0 spiro atoms. The molecule has 2 heterocycles. The van der Waals surface area contributed by atoms with Crippen molar-refractivity contribution in [1.29, 1.82) is 5.26 Å². The van der Waals surface area contributed by atoms with Crippen LogP contribution in [0.4, 0.5) is 4.79 Å². The SMILES string of the molecule is CC(=O)OC1C(NC(=O)C2CCCCN2C(=O)OC(C)(C)C)c2cc(C#N)ccc2OC1(C)C. The topological polar surface area (TPSA) is 118 Å². The fraction of sp³-hybridized carbons (Fsp3) is 0.600. The normalized spacial score (nSPS) is 23.6. The first kappa shape index (κ1) is 25.3. The zero-order chi connectivity index (χ0) is 25.3. The Balaban J connectivity index is 1.95. The molecule has 1 saturated heterocycles. The van der Waals surface area contributed by atoms with Crippen molar-refractivity contribution < 1.29 is 28.6 Å². The van der Waals surface area contributed by atoms with Crippen LogP contribution in [0.5, 0.6) is 5.75 Å². The van der Waals surface area contributed by atoms with Crippen LogP contribution in [0.1, 0.15) is 78.0 Å². The summed E-state index contributed by atoms with van der Waals surface area (Å²) in [6, 6.07) is 5.52. The third kappa shape index (κ3) is 5.61. The fourth-order valence-electron chi connectivity index (χ4n) is 4.39. The lowest BCUT2D eigenvalue weighted by Gasteiger charge is -2.45. The van der Waals surface area contributed by atoms with Gasteiger partial charge in [-0.1, -0.05) is 0 Å². The van der Waals surface area contributed by atoms with Crippen LogP contribution < -0.4 is 10.1 Å². The molecule has 3 unspecified atom stereocenters. The number of carbonyl (C=O) groups excluding carboxylic acids is 3. The number of ether oxygens (including phenoxy) is 3. The molecular weight excluding hydrogens is 438 g/mol. The quantitative estimate of drug-likeness (QED) is 0.669. The number of hydrogen-bond donors (Lipinski definition) is 1. The molecule has 0 bridgehead atoms. The molecule has 0 saturated carbocycles. The van der Waals surface area contributed by atoms with Gasteiger partial charge in [0.1, 0.15) is 23.0 Å². The number of nitriles is 1. The predicted molar refractivity (Wildman–Crippen MR) is 123 cm³/mol. The van der Waals surface area contributed by atoms with E-state index in [0.29, 0.717) is 29.8 Å². The third-order valence-electron chi connectivity index (χ3n) is 5.86. The van der Waals surface area contributed by atoms with Gasteiger partial charge in [0.2, 0.25) is 5.91 Å². The van der Waals surface area contributed by atoms with Gasteiger partial charge in [0.15, 0.2) is 6.10 Å². The highest BCUT2D eigenvalue weighted by Gasteiger charge is 2.48. The molecule has 0 radical (unpaired) electrons. The molecule has 9 heteroatoms. The summed E-state index contributed by atoms with van der Waals surface area (Å²) in [5, 5.41) is 12.4. The molecular formula is C25H33N3O6. The molecule has 2 aliphatic rings. The summed E-state index contributed by atoms with van der Waals surface area (Å²) in [5.74, 6) is -0.405. The molecule has 1 N–H and O–H groups in total. The zero-order valence-electron chi connectivity index (χ0n) is 20.6. The third-order valence-corrected chi connectivity index (χ3v) is 5.86. The van der Waals surface area contributed by atoms with Gasteiger partial charge in [-0.15, -0.1) is 0 Å². The molecule has 0 aromatic heterocycles. The summed E-state index contributed by atoms with van der Waals surface area (Å²) in [6.07, 6.45) is 0.662. The minimum atomic E-state index is -0.956. The number of esters is 1. The van der Waals surface area contributed by atoms with Crippen molar-refractivity contribution in [2.45, 2.75) is 90.2 Å². The molecule has 1 aromatic rings. The van der Waals surface area contributed by atoms with Crippen molar-refractivity contribution in [2.75, 3.05) is 6.54 Å². The summed E-state index contributed by atoms with van der Waals surface area (Å²) in [5.41, 5.74) is -0.719. The van der Waals surface area contributed by atoms with Gasteiger partial charge in [0.25, 0.3) is 0 Å². The average molecular weight is 472 g/mol. The molecule has 9 nitrogen and oxygen atoms in total. The van der Waals surface area contributed by atoms with E-state index in [1.165, 1.54) is 11.8 Å². The van der Waals surface area contributed by atoms with Crippen molar-refractivity contribution in [3.8, 4) is 11.8 Å². The maximum absolute atomic E-state index is 13.5. The van der Waals surface area contributed by atoms with Crippen molar-refractivity contribution in [3.05, 3.63) is 29.3 Å². The smallest absolute Gasteiger partial charge is 0.410 e. The van der Waals surface area contributed by atoms with E-state index in [4.69, 9.17) is 14.2 Å². The minimum absolute atomic E-state index is 0.376. The van der Waals surface area contributed by atoms with Crippen molar-refractivity contribution in [1.82, 2.24) is 10.2 Å².